The largest absolute Gasteiger partial charge is 0.490 e. The van der Waals surface area contributed by atoms with E-state index in [1.54, 1.807) is 0 Å². The van der Waals surface area contributed by atoms with Crippen molar-refractivity contribution in [2.75, 3.05) is 0 Å². The maximum absolute atomic E-state index is 10.6. The van der Waals surface area contributed by atoms with Crippen molar-refractivity contribution in [2.24, 2.45) is 0 Å². The zero-order chi connectivity index (χ0) is 14.6. The van der Waals surface area contributed by atoms with Crippen LogP contribution in [0.2, 0.25) is 0 Å². The van der Waals surface area contributed by atoms with Gasteiger partial charge in [-0.25, -0.2) is 9.78 Å². The Morgan fingerprint density at radius 2 is 2.16 bits per heavy atom. The Morgan fingerprint density at radius 3 is 2.63 bits per heavy atom. The predicted octanol–water partition coefficient (Wildman–Crippen LogP) is 2.37. The van der Waals surface area contributed by atoms with Gasteiger partial charge in [0, 0.05) is 23.9 Å². The van der Waals surface area contributed by atoms with Crippen LogP contribution in [0.1, 0.15) is 29.4 Å². The molecule has 8 heteroatoms. The van der Waals surface area contributed by atoms with Gasteiger partial charge in [0.1, 0.15) is 0 Å². The molecule has 0 aliphatic carbocycles. The number of halogens is 3. The van der Waals surface area contributed by atoms with Gasteiger partial charge in [-0.05, 0) is 13.3 Å². The van der Waals surface area contributed by atoms with Crippen molar-refractivity contribution >= 4 is 17.3 Å². The molecule has 0 fully saturated rings. The van der Waals surface area contributed by atoms with Gasteiger partial charge in [0.15, 0.2) is 0 Å². The summed E-state index contributed by atoms with van der Waals surface area (Å²) in [6.45, 7) is 5.41. The lowest BCUT2D eigenvalue weighted by atomic mass is 10.1. The molecular formula is C11H15F3N2O2S. The van der Waals surface area contributed by atoms with E-state index >= 15 is 0 Å². The zero-order valence-corrected chi connectivity index (χ0v) is 11.4. The standard InChI is InChI=1S/C9H14N2S.C2HF3O2/c1-3-9-11-7-4-6(2)10-5-8(7)12-9;3-2(4,5)1(6)7/h6,10H,3-5H2,1-2H3;(H,6,7)/t6-;/m1./s1. The molecule has 0 bridgehead atoms. The van der Waals surface area contributed by atoms with Gasteiger partial charge in [-0.1, -0.05) is 6.92 Å². The normalized spacial score (nSPS) is 18.3. The molecule has 4 nitrogen and oxygen atoms in total. The third-order valence-corrected chi connectivity index (χ3v) is 3.72. The number of rotatable bonds is 1. The summed E-state index contributed by atoms with van der Waals surface area (Å²) in [4.78, 5) is 14.9. The highest BCUT2D eigenvalue weighted by Gasteiger charge is 2.38. The van der Waals surface area contributed by atoms with E-state index in [-0.39, 0.29) is 0 Å². The Kier molecular flexibility index (Phi) is 5.30. The van der Waals surface area contributed by atoms with Crippen molar-refractivity contribution < 1.29 is 23.1 Å². The molecule has 19 heavy (non-hydrogen) atoms. The Balaban J connectivity index is 0.000000224. The summed E-state index contributed by atoms with van der Waals surface area (Å²) < 4.78 is 31.7. The fourth-order valence-corrected chi connectivity index (χ4v) is 2.50. The van der Waals surface area contributed by atoms with E-state index in [4.69, 9.17) is 9.90 Å². The molecule has 0 amide bonds. The van der Waals surface area contributed by atoms with E-state index in [9.17, 15) is 13.2 Å². The van der Waals surface area contributed by atoms with Crippen LogP contribution in [0.15, 0.2) is 0 Å². The number of carbonyl (C=O) groups is 1. The van der Waals surface area contributed by atoms with Crippen LogP contribution < -0.4 is 5.32 Å². The number of aromatic nitrogens is 1. The summed E-state index contributed by atoms with van der Waals surface area (Å²) in [5.74, 6) is -2.76. The number of nitrogens with zero attached hydrogens (tertiary/aromatic N) is 1. The summed E-state index contributed by atoms with van der Waals surface area (Å²) >= 11 is 1.86. The van der Waals surface area contributed by atoms with Crippen LogP contribution in [0.5, 0.6) is 0 Å². The number of nitrogens with one attached hydrogen (secondary N) is 1. The molecule has 0 aromatic carbocycles. The molecule has 0 spiro atoms. The summed E-state index contributed by atoms with van der Waals surface area (Å²) in [5.41, 5.74) is 1.34. The van der Waals surface area contributed by atoms with Crippen LogP contribution in [0.4, 0.5) is 13.2 Å². The summed E-state index contributed by atoms with van der Waals surface area (Å²) in [5, 5.41) is 11.9. The molecule has 1 atom stereocenters. The first kappa shape index (κ1) is 15.9. The number of fused-ring (bicyclic) bond motifs is 1. The molecule has 0 saturated heterocycles. The maximum atomic E-state index is 10.6. The molecule has 1 aromatic heterocycles. The van der Waals surface area contributed by atoms with Crippen LogP contribution >= 0.6 is 11.3 Å². The lowest BCUT2D eigenvalue weighted by molar-refractivity contribution is -0.192. The molecule has 1 aliphatic heterocycles. The second-order valence-corrected chi connectivity index (χ2v) is 5.29. The fourth-order valence-electron chi connectivity index (χ4n) is 1.51. The van der Waals surface area contributed by atoms with Crippen molar-refractivity contribution in [1.29, 1.82) is 0 Å². The Bertz CT molecular complexity index is 446. The number of aryl methyl sites for hydroxylation is 1. The minimum atomic E-state index is -5.08. The number of hydrogen-bond donors (Lipinski definition) is 2. The third-order valence-electron chi connectivity index (χ3n) is 2.48. The lowest BCUT2D eigenvalue weighted by Gasteiger charge is -2.18. The number of aliphatic carboxylic acids is 1. The molecule has 0 radical (unpaired) electrons. The first-order valence-electron chi connectivity index (χ1n) is 5.75. The molecule has 2 heterocycles. The van der Waals surface area contributed by atoms with Gasteiger partial charge in [-0.15, -0.1) is 11.3 Å². The number of thiazole rings is 1. The highest BCUT2D eigenvalue weighted by Crippen LogP contribution is 2.23. The minimum absolute atomic E-state index is 0.601. The van der Waals surface area contributed by atoms with E-state index in [1.807, 2.05) is 11.3 Å². The van der Waals surface area contributed by atoms with Gasteiger partial charge >= 0.3 is 12.1 Å². The van der Waals surface area contributed by atoms with E-state index < -0.39 is 12.1 Å². The molecule has 1 aliphatic rings. The molecule has 108 valence electrons. The first-order valence-corrected chi connectivity index (χ1v) is 6.56. The van der Waals surface area contributed by atoms with E-state index in [0.29, 0.717) is 6.04 Å². The minimum Gasteiger partial charge on any atom is -0.475 e. The van der Waals surface area contributed by atoms with Crippen LogP contribution in [-0.2, 0) is 24.2 Å². The Labute approximate surface area is 112 Å². The van der Waals surface area contributed by atoms with Crippen molar-refractivity contribution in [3.8, 4) is 0 Å². The third kappa shape index (κ3) is 4.79. The van der Waals surface area contributed by atoms with Gasteiger partial charge in [0.25, 0.3) is 0 Å². The zero-order valence-electron chi connectivity index (χ0n) is 10.5. The average Bonchev–Trinajstić information content (AvgIpc) is 2.70. The van der Waals surface area contributed by atoms with E-state index in [2.05, 4.69) is 24.1 Å². The van der Waals surface area contributed by atoms with Crippen molar-refractivity contribution in [3.63, 3.8) is 0 Å². The summed E-state index contributed by atoms with van der Waals surface area (Å²) in [7, 11) is 0. The lowest BCUT2D eigenvalue weighted by Crippen LogP contribution is -2.32. The number of alkyl halides is 3. The highest BCUT2D eigenvalue weighted by atomic mass is 32.1. The number of carboxylic acids is 1. The second-order valence-electron chi connectivity index (χ2n) is 4.12. The summed E-state index contributed by atoms with van der Waals surface area (Å²) in [6.07, 6.45) is -2.90. The van der Waals surface area contributed by atoms with Gasteiger partial charge in [0.2, 0.25) is 0 Å². The van der Waals surface area contributed by atoms with Crippen molar-refractivity contribution in [3.05, 3.63) is 15.6 Å². The van der Waals surface area contributed by atoms with E-state index in [0.717, 1.165) is 19.4 Å². The number of carboxylic acid groups (broad SMARTS) is 1. The molecule has 2 rings (SSSR count). The first-order chi connectivity index (χ1) is 8.74. The fraction of sp³-hybridized carbons (Fsp3) is 0.636. The van der Waals surface area contributed by atoms with Crippen LogP contribution in [0, 0.1) is 0 Å². The van der Waals surface area contributed by atoms with Gasteiger partial charge in [-0.3, -0.25) is 0 Å². The van der Waals surface area contributed by atoms with Gasteiger partial charge in [-0.2, -0.15) is 13.2 Å². The van der Waals surface area contributed by atoms with Crippen LogP contribution in [-0.4, -0.2) is 28.3 Å². The predicted molar refractivity (Wildman–Crippen MR) is 65.2 cm³/mol. The smallest absolute Gasteiger partial charge is 0.475 e. The van der Waals surface area contributed by atoms with E-state index in [1.165, 1.54) is 15.6 Å². The SMILES string of the molecule is CCc1nc2c(s1)CN[C@H](C)C2.O=C(O)C(F)(F)F. The molecule has 0 saturated carbocycles. The van der Waals surface area contributed by atoms with Gasteiger partial charge in [0.05, 0.1) is 10.7 Å². The Hall–Kier alpha value is -1.15. The second kappa shape index (κ2) is 6.33. The van der Waals surface area contributed by atoms with Crippen molar-refractivity contribution in [2.45, 2.75) is 45.5 Å². The molecule has 1 aromatic rings. The van der Waals surface area contributed by atoms with Crippen LogP contribution in [0.3, 0.4) is 0 Å². The monoisotopic (exact) mass is 296 g/mol. The molecule has 0 unspecified atom stereocenters. The Morgan fingerprint density at radius 1 is 1.58 bits per heavy atom. The van der Waals surface area contributed by atoms with Gasteiger partial charge < -0.3 is 10.4 Å². The molecular weight excluding hydrogens is 281 g/mol. The average molecular weight is 296 g/mol. The maximum Gasteiger partial charge on any atom is 0.490 e. The molecule has 2 N–H and O–H groups in total. The summed E-state index contributed by atoms with van der Waals surface area (Å²) in [6, 6.07) is 0.601. The van der Waals surface area contributed by atoms with Crippen molar-refractivity contribution in [1.82, 2.24) is 10.3 Å². The number of hydrogen-bond acceptors (Lipinski definition) is 4. The quantitative estimate of drug-likeness (QED) is 0.835. The highest BCUT2D eigenvalue weighted by molar-refractivity contribution is 7.11. The van der Waals surface area contributed by atoms with Crippen LogP contribution in [0.25, 0.3) is 0 Å². The topological polar surface area (TPSA) is 62.2 Å².